The van der Waals surface area contributed by atoms with Gasteiger partial charge in [-0.1, -0.05) is 218 Å². The summed E-state index contributed by atoms with van der Waals surface area (Å²) in [6.07, 6.45) is 52.8. The van der Waals surface area contributed by atoms with Crippen molar-refractivity contribution in [3.05, 3.63) is 24.3 Å². The van der Waals surface area contributed by atoms with Gasteiger partial charge in [-0.3, -0.25) is 9.59 Å². The summed E-state index contributed by atoms with van der Waals surface area (Å²) in [6, 6.07) is -0.558. The molecule has 0 saturated heterocycles. The quantitative estimate of drug-likeness (QED) is 0.0324. The monoisotopic (exact) mass is 790 g/mol. The predicted molar refractivity (Wildman–Crippen MR) is 241 cm³/mol. The molecule has 0 rings (SSSR count). The minimum atomic E-state index is -0.679. The van der Waals surface area contributed by atoms with Crippen molar-refractivity contribution in [2.45, 2.75) is 270 Å². The van der Waals surface area contributed by atoms with E-state index in [4.69, 9.17) is 4.74 Å². The number of aliphatic hydroxyl groups is 2. The van der Waals surface area contributed by atoms with Crippen LogP contribution in [0.4, 0.5) is 0 Å². The van der Waals surface area contributed by atoms with Gasteiger partial charge in [0.2, 0.25) is 5.91 Å². The summed E-state index contributed by atoms with van der Waals surface area (Å²) in [4.78, 5) is 24.4. The molecule has 6 heteroatoms. The molecule has 0 fully saturated rings. The van der Waals surface area contributed by atoms with E-state index < -0.39 is 12.1 Å². The molecule has 56 heavy (non-hydrogen) atoms. The predicted octanol–water partition coefficient (Wildman–Crippen LogP) is 14.3. The Hall–Kier alpha value is -1.66. The fraction of sp³-hybridized carbons (Fsp3) is 0.880. The van der Waals surface area contributed by atoms with Crippen LogP contribution in [0.15, 0.2) is 24.3 Å². The van der Waals surface area contributed by atoms with Gasteiger partial charge in [-0.25, -0.2) is 0 Å². The van der Waals surface area contributed by atoms with Crippen molar-refractivity contribution in [1.82, 2.24) is 5.32 Å². The van der Waals surface area contributed by atoms with Crippen LogP contribution < -0.4 is 5.32 Å². The van der Waals surface area contributed by atoms with Crippen molar-refractivity contribution in [1.29, 1.82) is 0 Å². The molecule has 0 bridgehead atoms. The van der Waals surface area contributed by atoms with Gasteiger partial charge in [-0.05, 0) is 51.4 Å². The highest BCUT2D eigenvalue weighted by atomic mass is 16.5. The second-order valence-corrected chi connectivity index (χ2v) is 16.8. The number of esters is 1. The van der Waals surface area contributed by atoms with Crippen LogP contribution in [0.5, 0.6) is 0 Å². The van der Waals surface area contributed by atoms with Gasteiger partial charge < -0.3 is 20.3 Å². The van der Waals surface area contributed by atoms with E-state index in [9.17, 15) is 19.8 Å². The maximum atomic E-state index is 12.4. The first-order valence-electron chi connectivity index (χ1n) is 24.6. The van der Waals surface area contributed by atoms with E-state index in [1.807, 2.05) is 0 Å². The summed E-state index contributed by atoms with van der Waals surface area (Å²) in [5, 5.41) is 23.2. The van der Waals surface area contributed by atoms with Gasteiger partial charge in [0.25, 0.3) is 0 Å². The van der Waals surface area contributed by atoms with Crippen LogP contribution in [-0.4, -0.2) is 47.4 Å². The number of carbonyl (C=O) groups is 2. The molecule has 330 valence electrons. The van der Waals surface area contributed by atoms with Crippen LogP contribution >= 0.6 is 0 Å². The van der Waals surface area contributed by atoms with Crippen molar-refractivity contribution in [2.75, 3.05) is 13.2 Å². The van der Waals surface area contributed by atoms with Gasteiger partial charge in [0.1, 0.15) is 0 Å². The number of rotatable bonds is 45. The lowest BCUT2D eigenvalue weighted by atomic mass is 10.0. The number of nitrogens with one attached hydrogen (secondary N) is 1. The van der Waals surface area contributed by atoms with E-state index in [1.54, 1.807) is 0 Å². The second-order valence-electron chi connectivity index (χ2n) is 16.8. The number of ether oxygens (including phenoxy) is 1. The Bertz CT molecular complexity index is 874. The van der Waals surface area contributed by atoms with Crippen LogP contribution in [0.25, 0.3) is 0 Å². The Morgan fingerprint density at radius 2 is 0.929 bits per heavy atom. The molecule has 0 heterocycles. The molecule has 3 N–H and O–H groups in total. The second kappa shape index (κ2) is 46.0. The van der Waals surface area contributed by atoms with E-state index in [1.165, 1.54) is 154 Å². The smallest absolute Gasteiger partial charge is 0.305 e. The maximum absolute atomic E-state index is 12.4. The topological polar surface area (TPSA) is 95.9 Å². The molecular formula is C50H95NO5. The number of aliphatic hydroxyl groups excluding tert-OH is 2. The lowest BCUT2D eigenvalue weighted by Gasteiger charge is -2.22. The summed E-state index contributed by atoms with van der Waals surface area (Å²) < 4.78 is 5.43. The number of allylic oxidation sites excluding steroid dienone is 4. The molecule has 0 aliphatic rings. The van der Waals surface area contributed by atoms with E-state index in [0.717, 1.165) is 70.6 Å². The number of hydrogen-bond acceptors (Lipinski definition) is 5. The van der Waals surface area contributed by atoms with Crippen LogP contribution in [0, 0.1) is 0 Å². The molecule has 0 saturated carbocycles. The van der Waals surface area contributed by atoms with Crippen molar-refractivity contribution in [3.63, 3.8) is 0 Å². The van der Waals surface area contributed by atoms with Crippen molar-refractivity contribution in [2.24, 2.45) is 0 Å². The largest absolute Gasteiger partial charge is 0.466 e. The first-order chi connectivity index (χ1) is 27.5. The summed E-state index contributed by atoms with van der Waals surface area (Å²) in [7, 11) is 0. The molecule has 1 amide bonds. The SMILES string of the molecule is CCC/C=C\C/C=C\CCCCCCCC(=O)OCCCCCCCCCCCCC(=O)NC(CO)C(O)CCCCCCCCCCCCCCCCCC. The van der Waals surface area contributed by atoms with Crippen molar-refractivity contribution in [3.8, 4) is 0 Å². The van der Waals surface area contributed by atoms with Gasteiger partial charge in [0.05, 0.1) is 25.4 Å². The lowest BCUT2D eigenvalue weighted by Crippen LogP contribution is -2.45. The molecule has 0 aromatic carbocycles. The Balaban J connectivity index is 3.50. The molecule has 6 nitrogen and oxygen atoms in total. The normalized spacial score (nSPS) is 12.9. The van der Waals surface area contributed by atoms with Crippen LogP contribution in [0.3, 0.4) is 0 Å². The number of amides is 1. The van der Waals surface area contributed by atoms with Crippen LogP contribution in [0.2, 0.25) is 0 Å². The van der Waals surface area contributed by atoms with Crippen LogP contribution in [-0.2, 0) is 14.3 Å². The third-order valence-electron chi connectivity index (χ3n) is 11.2. The Labute approximate surface area is 348 Å². The zero-order chi connectivity index (χ0) is 40.8. The fourth-order valence-corrected chi connectivity index (χ4v) is 7.44. The van der Waals surface area contributed by atoms with Crippen molar-refractivity contribution >= 4 is 11.9 Å². The maximum Gasteiger partial charge on any atom is 0.305 e. The molecule has 0 aliphatic carbocycles. The summed E-state index contributed by atoms with van der Waals surface area (Å²) >= 11 is 0. The first-order valence-corrected chi connectivity index (χ1v) is 24.6. The highest BCUT2D eigenvalue weighted by molar-refractivity contribution is 5.76. The van der Waals surface area contributed by atoms with Crippen molar-refractivity contribution < 1.29 is 24.5 Å². The molecule has 0 spiro atoms. The summed E-state index contributed by atoms with van der Waals surface area (Å²) in [5.74, 6) is -0.0927. The molecule has 0 radical (unpaired) electrons. The van der Waals surface area contributed by atoms with E-state index in [2.05, 4.69) is 43.5 Å². The molecular weight excluding hydrogens is 695 g/mol. The third-order valence-corrected chi connectivity index (χ3v) is 11.2. The molecule has 0 aromatic heterocycles. The van der Waals surface area contributed by atoms with Gasteiger partial charge >= 0.3 is 5.97 Å². The highest BCUT2D eigenvalue weighted by Crippen LogP contribution is 2.16. The molecule has 2 atom stereocenters. The van der Waals surface area contributed by atoms with Gasteiger partial charge in [0.15, 0.2) is 0 Å². The lowest BCUT2D eigenvalue weighted by molar-refractivity contribution is -0.143. The third kappa shape index (κ3) is 42.0. The van der Waals surface area contributed by atoms with E-state index >= 15 is 0 Å². The van der Waals surface area contributed by atoms with Gasteiger partial charge in [-0.15, -0.1) is 0 Å². The Morgan fingerprint density at radius 3 is 1.43 bits per heavy atom. The minimum Gasteiger partial charge on any atom is -0.466 e. The van der Waals surface area contributed by atoms with Gasteiger partial charge in [0, 0.05) is 12.8 Å². The average molecular weight is 790 g/mol. The van der Waals surface area contributed by atoms with Gasteiger partial charge in [-0.2, -0.15) is 0 Å². The Morgan fingerprint density at radius 1 is 0.500 bits per heavy atom. The zero-order valence-corrected chi connectivity index (χ0v) is 37.4. The van der Waals surface area contributed by atoms with E-state index in [-0.39, 0.29) is 18.5 Å². The number of hydrogen-bond donors (Lipinski definition) is 3. The summed E-state index contributed by atoms with van der Waals surface area (Å²) in [6.45, 7) is 4.83. The van der Waals surface area contributed by atoms with E-state index in [0.29, 0.717) is 25.9 Å². The van der Waals surface area contributed by atoms with Crippen LogP contribution in [0.1, 0.15) is 258 Å². The molecule has 0 aromatic rings. The molecule has 2 unspecified atom stereocenters. The average Bonchev–Trinajstić information content (AvgIpc) is 3.20. The number of unbranched alkanes of at least 4 members (excludes halogenated alkanes) is 30. The summed E-state index contributed by atoms with van der Waals surface area (Å²) in [5.41, 5.74) is 0. The minimum absolute atomic E-state index is 0.0342. The molecule has 0 aliphatic heterocycles. The standard InChI is InChI=1S/C50H95NO5/c1-3-5-7-9-11-13-15-17-18-19-21-22-26-30-34-38-42-48(53)47(46-52)51-49(54)43-39-35-31-27-24-25-29-33-37-41-45-56-50(55)44-40-36-32-28-23-20-16-14-12-10-8-6-4-2/h8,10,14,16,47-48,52-53H,3-7,9,11-13,15,17-46H2,1-2H3,(H,51,54)/b10-8-,16-14-. The Kier molecular flexibility index (Phi) is 44.7. The number of carbonyl (C=O) groups excluding carboxylic acids is 2. The first kappa shape index (κ1) is 54.3. The fourth-order valence-electron chi connectivity index (χ4n) is 7.44. The highest BCUT2D eigenvalue weighted by Gasteiger charge is 2.20. The zero-order valence-electron chi connectivity index (χ0n) is 37.4.